The lowest BCUT2D eigenvalue weighted by molar-refractivity contribution is 0.0966. The molecule has 0 aromatic carbocycles. The topological polar surface area (TPSA) is 133 Å². The Kier molecular flexibility index (Phi) is 11.6. The molecule has 10 nitrogen and oxygen atoms in total. The minimum absolute atomic E-state index is 0.0770. The van der Waals surface area contributed by atoms with Crippen LogP contribution in [0.1, 0.15) is 6.42 Å². The van der Waals surface area contributed by atoms with Gasteiger partial charge in [0, 0.05) is 85.1 Å². The molecule has 0 saturated carbocycles. The van der Waals surface area contributed by atoms with E-state index in [0.717, 1.165) is 72.0 Å². The fourth-order valence-electron chi connectivity index (χ4n) is 4.10. The molecular weight excluding hydrogens is 440 g/mol. The van der Waals surface area contributed by atoms with Crippen molar-refractivity contribution in [2.24, 2.45) is 11.5 Å². The summed E-state index contributed by atoms with van der Waals surface area (Å²) in [5.41, 5.74) is 10.7. The van der Waals surface area contributed by atoms with Gasteiger partial charge in [-0.25, -0.2) is 16.8 Å². The van der Waals surface area contributed by atoms with Crippen molar-refractivity contribution in [1.82, 2.24) is 19.6 Å². The van der Waals surface area contributed by atoms with Crippen LogP contribution < -0.4 is 11.5 Å². The summed E-state index contributed by atoms with van der Waals surface area (Å²) in [5.74, 6) is 0.596. The summed E-state index contributed by atoms with van der Waals surface area (Å²) in [4.78, 5) is 9.52. The Morgan fingerprint density at radius 1 is 0.484 bits per heavy atom. The average molecular weight is 483 g/mol. The van der Waals surface area contributed by atoms with Crippen LogP contribution in [0.3, 0.4) is 0 Å². The van der Waals surface area contributed by atoms with Gasteiger partial charge >= 0.3 is 0 Å². The molecule has 2 aliphatic heterocycles. The summed E-state index contributed by atoms with van der Waals surface area (Å²) in [6.07, 6.45) is 0.681. The van der Waals surface area contributed by atoms with Gasteiger partial charge in [-0.15, -0.1) is 0 Å². The number of rotatable bonds is 14. The van der Waals surface area contributed by atoms with Crippen molar-refractivity contribution in [1.29, 1.82) is 0 Å². The Morgan fingerprint density at radius 3 is 1.26 bits per heavy atom. The van der Waals surface area contributed by atoms with E-state index in [-0.39, 0.29) is 36.1 Å². The third-order valence-electron chi connectivity index (χ3n) is 6.17. The molecule has 0 bridgehead atoms. The molecule has 0 atom stereocenters. The van der Waals surface area contributed by atoms with E-state index in [4.69, 9.17) is 11.5 Å². The maximum Gasteiger partial charge on any atom is 0.152 e. The zero-order chi connectivity index (χ0) is 22.7. The summed E-state index contributed by atoms with van der Waals surface area (Å²) in [6.45, 7) is 11.7. The van der Waals surface area contributed by atoms with E-state index >= 15 is 0 Å². The van der Waals surface area contributed by atoms with E-state index < -0.39 is 19.7 Å². The van der Waals surface area contributed by atoms with Crippen LogP contribution in [0.5, 0.6) is 0 Å². The van der Waals surface area contributed by atoms with Crippen molar-refractivity contribution < 1.29 is 16.8 Å². The Labute approximate surface area is 188 Å². The first kappa shape index (κ1) is 26.9. The molecule has 0 radical (unpaired) electrons. The quantitative estimate of drug-likeness (QED) is 0.271. The first-order valence-corrected chi connectivity index (χ1v) is 15.1. The highest BCUT2D eigenvalue weighted by molar-refractivity contribution is 7.91. The molecule has 0 aliphatic carbocycles. The van der Waals surface area contributed by atoms with Gasteiger partial charge in [0.25, 0.3) is 0 Å². The van der Waals surface area contributed by atoms with Crippen LogP contribution in [0.15, 0.2) is 0 Å². The lowest BCUT2D eigenvalue weighted by Crippen LogP contribution is -2.52. The smallest absolute Gasteiger partial charge is 0.152 e. The number of piperazine rings is 2. The zero-order valence-corrected chi connectivity index (χ0v) is 20.5. The lowest BCUT2D eigenvalue weighted by atomic mass is 10.2. The molecule has 0 unspecified atom stereocenters. The van der Waals surface area contributed by atoms with E-state index in [9.17, 15) is 16.8 Å². The highest BCUT2D eigenvalue weighted by Gasteiger charge is 2.21. The van der Waals surface area contributed by atoms with Crippen LogP contribution in [0.25, 0.3) is 0 Å². The zero-order valence-electron chi connectivity index (χ0n) is 18.8. The number of nitrogens with two attached hydrogens (primary N) is 2. The van der Waals surface area contributed by atoms with Crippen molar-refractivity contribution in [3.63, 3.8) is 0 Å². The molecule has 31 heavy (non-hydrogen) atoms. The fourth-order valence-corrected chi connectivity index (χ4v) is 6.33. The SMILES string of the molecule is NCCS(=O)(=O)CCCN1CCN(CCN2CCN(CCS(=O)(=O)CCN)CC2)CC1. The molecule has 12 heteroatoms. The second-order valence-corrected chi connectivity index (χ2v) is 13.2. The minimum Gasteiger partial charge on any atom is -0.329 e. The largest absolute Gasteiger partial charge is 0.329 e. The van der Waals surface area contributed by atoms with Crippen molar-refractivity contribution in [3.8, 4) is 0 Å². The van der Waals surface area contributed by atoms with Crippen LogP contribution in [0, 0.1) is 0 Å². The van der Waals surface area contributed by atoms with E-state index in [1.165, 1.54) is 0 Å². The van der Waals surface area contributed by atoms with E-state index in [2.05, 4.69) is 19.6 Å². The van der Waals surface area contributed by atoms with Crippen LogP contribution in [-0.4, -0.2) is 151 Å². The summed E-state index contributed by atoms with van der Waals surface area (Å²) < 4.78 is 47.1. The van der Waals surface area contributed by atoms with Gasteiger partial charge < -0.3 is 16.4 Å². The minimum atomic E-state index is -3.02. The van der Waals surface area contributed by atoms with E-state index in [0.29, 0.717) is 13.0 Å². The third-order valence-corrected chi connectivity index (χ3v) is 9.60. The van der Waals surface area contributed by atoms with Gasteiger partial charge in [-0.3, -0.25) is 14.7 Å². The molecule has 2 fully saturated rings. The summed E-state index contributed by atoms with van der Waals surface area (Å²) in [7, 11) is -6.00. The lowest BCUT2D eigenvalue weighted by Gasteiger charge is -2.38. The maximum atomic E-state index is 11.8. The van der Waals surface area contributed by atoms with E-state index in [1.807, 2.05) is 0 Å². The first-order valence-electron chi connectivity index (χ1n) is 11.4. The monoisotopic (exact) mass is 482 g/mol. The van der Waals surface area contributed by atoms with Crippen LogP contribution in [0.2, 0.25) is 0 Å². The van der Waals surface area contributed by atoms with Crippen LogP contribution in [0.4, 0.5) is 0 Å². The van der Waals surface area contributed by atoms with Gasteiger partial charge in [0.1, 0.15) is 0 Å². The van der Waals surface area contributed by atoms with Crippen molar-refractivity contribution in [3.05, 3.63) is 0 Å². The molecule has 0 aromatic heterocycles. The molecule has 4 N–H and O–H groups in total. The van der Waals surface area contributed by atoms with Gasteiger partial charge in [0.15, 0.2) is 19.7 Å². The molecule has 2 aliphatic rings. The van der Waals surface area contributed by atoms with Gasteiger partial charge in [0.05, 0.1) is 23.0 Å². The van der Waals surface area contributed by atoms with Gasteiger partial charge in [0.2, 0.25) is 0 Å². The number of sulfone groups is 2. The number of hydrogen-bond donors (Lipinski definition) is 2. The molecular formula is C19H42N6O4S2. The van der Waals surface area contributed by atoms with Crippen molar-refractivity contribution in [2.75, 3.05) is 115 Å². The molecule has 2 rings (SSSR count). The number of hydrogen-bond acceptors (Lipinski definition) is 10. The second kappa shape index (κ2) is 13.4. The molecule has 2 heterocycles. The van der Waals surface area contributed by atoms with Crippen LogP contribution >= 0.6 is 0 Å². The Bertz CT molecular complexity index is 703. The average Bonchev–Trinajstić information content (AvgIpc) is 2.72. The predicted octanol–water partition coefficient (Wildman–Crippen LogP) is -2.64. The van der Waals surface area contributed by atoms with Gasteiger partial charge in [-0.2, -0.15) is 0 Å². The highest BCUT2D eigenvalue weighted by atomic mass is 32.2. The molecule has 2 saturated heterocycles. The van der Waals surface area contributed by atoms with E-state index in [1.54, 1.807) is 0 Å². The second-order valence-electron chi connectivity index (χ2n) is 8.60. The summed E-state index contributed by atoms with van der Waals surface area (Å²) in [5, 5.41) is 0. The molecule has 0 spiro atoms. The molecule has 0 amide bonds. The highest BCUT2D eigenvalue weighted by Crippen LogP contribution is 2.06. The summed E-state index contributed by atoms with van der Waals surface area (Å²) in [6, 6.07) is 0. The number of nitrogens with zero attached hydrogens (tertiary/aromatic N) is 4. The molecule has 0 aromatic rings. The Balaban J connectivity index is 1.54. The fraction of sp³-hybridized carbons (Fsp3) is 1.00. The Morgan fingerprint density at radius 2 is 0.839 bits per heavy atom. The normalized spacial score (nSPS) is 21.0. The maximum absolute atomic E-state index is 11.8. The van der Waals surface area contributed by atoms with Gasteiger partial charge in [-0.05, 0) is 13.0 Å². The van der Waals surface area contributed by atoms with Crippen molar-refractivity contribution >= 4 is 19.7 Å². The van der Waals surface area contributed by atoms with Crippen LogP contribution in [-0.2, 0) is 19.7 Å². The Hall–Kier alpha value is -0.340. The standard InChI is InChI=1S/C19H42N6O4S2/c20-2-17-30(26,27)16-1-4-22-5-7-23(8-6-22)9-10-24-11-13-25(14-12-24)15-19-31(28,29)18-3-21/h1-21H2. The van der Waals surface area contributed by atoms with Gasteiger partial charge in [-0.1, -0.05) is 0 Å². The summed E-state index contributed by atoms with van der Waals surface area (Å²) >= 11 is 0. The third kappa shape index (κ3) is 10.9. The first-order chi connectivity index (χ1) is 14.7. The van der Waals surface area contributed by atoms with Crippen molar-refractivity contribution in [2.45, 2.75) is 6.42 Å². The predicted molar refractivity (Wildman–Crippen MR) is 126 cm³/mol. The molecule has 184 valence electrons.